The number of amides is 2. The molecule has 0 spiro atoms. The molecule has 0 radical (unpaired) electrons. The van der Waals surface area contributed by atoms with Gasteiger partial charge in [0.25, 0.3) is 0 Å². The summed E-state index contributed by atoms with van der Waals surface area (Å²) in [5.41, 5.74) is 2.35. The molecule has 1 aromatic carbocycles. The van der Waals surface area contributed by atoms with E-state index in [1.165, 1.54) is 5.56 Å². The average Bonchev–Trinajstić information content (AvgIpc) is 2.39. The third-order valence-corrected chi connectivity index (χ3v) is 3.42. The Bertz CT molecular complexity index is 471. The van der Waals surface area contributed by atoms with Gasteiger partial charge >= 0.3 is 0 Å². The van der Waals surface area contributed by atoms with Crippen molar-refractivity contribution in [2.24, 2.45) is 0 Å². The van der Waals surface area contributed by atoms with E-state index in [9.17, 15) is 9.59 Å². The summed E-state index contributed by atoms with van der Waals surface area (Å²) < 4.78 is 0. The Balaban J connectivity index is 2.21. The van der Waals surface area contributed by atoms with Crippen LogP contribution in [0, 0.1) is 0 Å². The smallest absolute Gasteiger partial charge is 0.242 e. The lowest BCUT2D eigenvalue weighted by Gasteiger charge is -2.33. The zero-order valence-electron chi connectivity index (χ0n) is 10.8. The quantitative estimate of drug-likeness (QED) is 0.868. The lowest BCUT2D eigenvalue weighted by molar-refractivity contribution is -0.145. The lowest BCUT2D eigenvalue weighted by atomic mass is 10.0. The maximum atomic E-state index is 11.9. The number of carbonyl (C=O) groups is 2. The van der Waals surface area contributed by atoms with Crippen molar-refractivity contribution in [2.75, 3.05) is 6.54 Å². The number of benzene rings is 1. The maximum absolute atomic E-state index is 11.9. The minimum absolute atomic E-state index is 0.0204. The fraction of sp³-hybridized carbons (Fsp3) is 0.429. The fourth-order valence-electron chi connectivity index (χ4n) is 2.23. The summed E-state index contributed by atoms with van der Waals surface area (Å²) >= 11 is 0. The van der Waals surface area contributed by atoms with Crippen LogP contribution in [0.3, 0.4) is 0 Å². The molecule has 1 aliphatic heterocycles. The van der Waals surface area contributed by atoms with Crippen LogP contribution < -0.4 is 5.32 Å². The van der Waals surface area contributed by atoms with Crippen LogP contribution in [-0.4, -0.2) is 29.3 Å². The molecule has 1 atom stereocenters. The number of carbonyl (C=O) groups excluding carboxylic acids is 2. The van der Waals surface area contributed by atoms with Crippen molar-refractivity contribution in [3.8, 4) is 0 Å². The number of hydrogen-bond acceptors (Lipinski definition) is 2. The van der Waals surface area contributed by atoms with E-state index in [1.807, 2.05) is 18.2 Å². The van der Waals surface area contributed by atoms with Gasteiger partial charge in [0.15, 0.2) is 0 Å². The molecule has 4 heteroatoms. The summed E-state index contributed by atoms with van der Waals surface area (Å²) in [7, 11) is 0. The van der Waals surface area contributed by atoms with E-state index >= 15 is 0 Å². The van der Waals surface area contributed by atoms with E-state index in [0.29, 0.717) is 6.54 Å². The molecule has 1 aliphatic rings. The first kappa shape index (κ1) is 12.6. The predicted molar refractivity (Wildman–Crippen MR) is 68.8 cm³/mol. The van der Waals surface area contributed by atoms with Gasteiger partial charge in [-0.3, -0.25) is 9.59 Å². The average molecular weight is 246 g/mol. The van der Waals surface area contributed by atoms with Gasteiger partial charge in [-0.2, -0.15) is 0 Å². The summed E-state index contributed by atoms with van der Waals surface area (Å²) in [4.78, 5) is 25.1. The minimum atomic E-state index is -0.392. The molecule has 0 saturated carbocycles. The van der Waals surface area contributed by atoms with Crippen molar-refractivity contribution in [1.82, 2.24) is 10.2 Å². The van der Waals surface area contributed by atoms with Crippen molar-refractivity contribution in [2.45, 2.75) is 32.9 Å². The van der Waals surface area contributed by atoms with Crippen LogP contribution in [0.2, 0.25) is 0 Å². The molecule has 1 aromatic rings. The van der Waals surface area contributed by atoms with Crippen molar-refractivity contribution in [3.63, 3.8) is 0 Å². The highest BCUT2D eigenvalue weighted by molar-refractivity contribution is 5.94. The lowest BCUT2D eigenvalue weighted by Crippen LogP contribution is -2.56. The third-order valence-electron chi connectivity index (χ3n) is 3.42. The van der Waals surface area contributed by atoms with Crippen LogP contribution in [0.25, 0.3) is 0 Å². The largest absolute Gasteiger partial charge is 0.345 e. The molecule has 96 valence electrons. The van der Waals surface area contributed by atoms with Crippen LogP contribution >= 0.6 is 0 Å². The van der Waals surface area contributed by atoms with E-state index in [1.54, 1.807) is 11.8 Å². The second-order valence-corrected chi connectivity index (χ2v) is 4.54. The summed E-state index contributed by atoms with van der Waals surface area (Å²) in [6.07, 6.45) is 0.929. The van der Waals surface area contributed by atoms with Crippen molar-refractivity contribution in [1.29, 1.82) is 0 Å². The molecule has 1 heterocycles. The molecule has 1 N–H and O–H groups in total. The van der Waals surface area contributed by atoms with Gasteiger partial charge in [-0.25, -0.2) is 0 Å². The molecule has 0 aromatic heterocycles. The molecule has 0 aliphatic carbocycles. The zero-order chi connectivity index (χ0) is 13.1. The number of hydrogen-bond donors (Lipinski definition) is 1. The standard InChI is InChI=1S/C14H18N2O2/c1-3-11-6-4-5-7-12(11)9-16-10(2)14(18)15-8-13(16)17/h4-7,10H,3,8-9H2,1-2H3,(H,15,18). The van der Waals surface area contributed by atoms with Crippen molar-refractivity contribution in [3.05, 3.63) is 35.4 Å². The highest BCUT2D eigenvalue weighted by Gasteiger charge is 2.30. The second kappa shape index (κ2) is 5.21. The highest BCUT2D eigenvalue weighted by atomic mass is 16.2. The topological polar surface area (TPSA) is 49.4 Å². The highest BCUT2D eigenvalue weighted by Crippen LogP contribution is 2.16. The molecular formula is C14H18N2O2. The predicted octanol–water partition coefficient (Wildman–Crippen LogP) is 1.10. The third kappa shape index (κ3) is 2.37. The zero-order valence-corrected chi connectivity index (χ0v) is 10.8. The Hall–Kier alpha value is -1.84. The molecule has 0 bridgehead atoms. The van der Waals surface area contributed by atoms with Crippen molar-refractivity contribution < 1.29 is 9.59 Å². The normalized spacial score (nSPS) is 19.9. The SMILES string of the molecule is CCc1ccccc1CN1C(=O)CNC(=O)C1C. The number of rotatable bonds is 3. The molecule has 2 rings (SSSR count). The van der Waals surface area contributed by atoms with Crippen molar-refractivity contribution >= 4 is 11.8 Å². The summed E-state index contributed by atoms with van der Waals surface area (Å²) in [5.74, 6) is -0.100. The van der Waals surface area contributed by atoms with E-state index < -0.39 is 6.04 Å². The van der Waals surface area contributed by atoms with E-state index in [-0.39, 0.29) is 18.4 Å². The van der Waals surface area contributed by atoms with Crippen LogP contribution in [0.1, 0.15) is 25.0 Å². The van der Waals surface area contributed by atoms with Crippen LogP contribution in [0.15, 0.2) is 24.3 Å². The van der Waals surface area contributed by atoms with Gasteiger partial charge in [0.1, 0.15) is 6.04 Å². The Morgan fingerprint density at radius 3 is 2.61 bits per heavy atom. The van der Waals surface area contributed by atoms with Gasteiger partial charge in [-0.05, 0) is 24.5 Å². The van der Waals surface area contributed by atoms with E-state index in [4.69, 9.17) is 0 Å². The molecule has 4 nitrogen and oxygen atoms in total. The Labute approximate surface area is 107 Å². The van der Waals surface area contributed by atoms with Crippen LogP contribution in [0.4, 0.5) is 0 Å². The number of nitrogens with one attached hydrogen (secondary N) is 1. The molecule has 1 unspecified atom stereocenters. The van der Waals surface area contributed by atoms with Gasteiger partial charge in [0.2, 0.25) is 11.8 Å². The molecule has 1 saturated heterocycles. The number of nitrogens with zero attached hydrogens (tertiary/aromatic N) is 1. The number of piperazine rings is 1. The monoisotopic (exact) mass is 246 g/mol. The minimum Gasteiger partial charge on any atom is -0.345 e. The number of aryl methyl sites for hydroxylation is 1. The first-order chi connectivity index (χ1) is 8.63. The Morgan fingerprint density at radius 1 is 1.28 bits per heavy atom. The Kier molecular flexibility index (Phi) is 3.65. The molecule has 1 fully saturated rings. The summed E-state index contributed by atoms with van der Waals surface area (Å²) in [6.45, 7) is 4.48. The van der Waals surface area contributed by atoms with E-state index in [0.717, 1.165) is 12.0 Å². The Morgan fingerprint density at radius 2 is 1.94 bits per heavy atom. The molecule has 2 amide bonds. The molecular weight excluding hydrogens is 228 g/mol. The van der Waals surface area contributed by atoms with Crippen LogP contribution in [0.5, 0.6) is 0 Å². The van der Waals surface area contributed by atoms with E-state index in [2.05, 4.69) is 18.3 Å². The fourth-order valence-corrected chi connectivity index (χ4v) is 2.23. The summed E-state index contributed by atoms with van der Waals surface area (Å²) in [5, 5.41) is 2.60. The van der Waals surface area contributed by atoms with Gasteiger partial charge in [0.05, 0.1) is 6.54 Å². The van der Waals surface area contributed by atoms with Gasteiger partial charge in [-0.1, -0.05) is 31.2 Å². The first-order valence-electron chi connectivity index (χ1n) is 6.27. The van der Waals surface area contributed by atoms with Gasteiger partial charge in [0, 0.05) is 6.54 Å². The van der Waals surface area contributed by atoms with Crippen LogP contribution in [-0.2, 0) is 22.6 Å². The van der Waals surface area contributed by atoms with Gasteiger partial charge < -0.3 is 10.2 Å². The molecule has 18 heavy (non-hydrogen) atoms. The second-order valence-electron chi connectivity index (χ2n) is 4.54. The summed E-state index contributed by atoms with van der Waals surface area (Å²) in [6, 6.07) is 7.65. The van der Waals surface area contributed by atoms with Gasteiger partial charge in [-0.15, -0.1) is 0 Å². The first-order valence-corrected chi connectivity index (χ1v) is 6.27. The maximum Gasteiger partial charge on any atom is 0.242 e.